The average molecular weight is 321 g/mol. The minimum Gasteiger partial charge on any atom is -0.493 e. The molecular weight excluding hydrogens is 294 g/mol. The van der Waals surface area contributed by atoms with Crippen molar-refractivity contribution in [1.82, 2.24) is 4.90 Å². The molecule has 1 saturated heterocycles. The molecule has 1 aliphatic carbocycles. The first-order chi connectivity index (χ1) is 11.3. The Morgan fingerprint density at radius 3 is 2.70 bits per heavy atom. The number of benzene rings is 1. The van der Waals surface area contributed by atoms with Gasteiger partial charge in [0, 0.05) is 26.2 Å². The number of fused-ring (bicyclic) bond motifs is 2. The van der Waals surface area contributed by atoms with E-state index in [0.29, 0.717) is 6.04 Å². The lowest BCUT2D eigenvalue weighted by atomic mass is 10.1. The smallest absolute Gasteiger partial charge is 0.160 e. The van der Waals surface area contributed by atoms with Crippen molar-refractivity contribution in [2.24, 2.45) is 0 Å². The molecule has 0 N–H and O–H groups in total. The van der Waals surface area contributed by atoms with Crippen LogP contribution in [0.3, 0.4) is 0 Å². The predicted molar refractivity (Wildman–Crippen MR) is 88.4 cm³/mol. The lowest BCUT2D eigenvalue weighted by Crippen LogP contribution is -2.43. The summed E-state index contributed by atoms with van der Waals surface area (Å²) in [5.74, 6) is 1.57. The lowest BCUT2D eigenvalue weighted by Gasteiger charge is -2.30. The van der Waals surface area contributed by atoms with E-state index in [-0.39, 0.29) is 12.2 Å². The number of methoxy groups -OCH3 is 3. The first kappa shape index (κ1) is 16.6. The molecule has 3 atom stereocenters. The lowest BCUT2D eigenvalue weighted by molar-refractivity contribution is -0.0323. The van der Waals surface area contributed by atoms with Gasteiger partial charge in [-0.25, -0.2) is 0 Å². The maximum absolute atomic E-state index is 5.94. The molecule has 1 saturated carbocycles. The normalized spacial score (nSPS) is 27.7. The van der Waals surface area contributed by atoms with Crippen LogP contribution in [0, 0.1) is 0 Å². The highest BCUT2D eigenvalue weighted by Gasteiger charge is 2.42. The summed E-state index contributed by atoms with van der Waals surface area (Å²) in [6.45, 7) is 2.79. The Kier molecular flexibility index (Phi) is 5.41. The van der Waals surface area contributed by atoms with E-state index in [1.54, 1.807) is 21.3 Å². The van der Waals surface area contributed by atoms with Crippen LogP contribution >= 0.6 is 0 Å². The standard InChI is InChI=1S/C18H27NO4/c1-20-15-6-4-13(12-17(15)21-2)8-9-19-10-11-23-16-7-5-14(19)18(16)22-3/h4,6,12,14,16,18H,5,7-11H2,1-3H3/t14-,16-,18+/m0/s1. The van der Waals surface area contributed by atoms with Gasteiger partial charge in [-0.1, -0.05) is 6.07 Å². The van der Waals surface area contributed by atoms with Crippen LogP contribution in [0.1, 0.15) is 18.4 Å². The van der Waals surface area contributed by atoms with Gasteiger partial charge < -0.3 is 18.9 Å². The summed E-state index contributed by atoms with van der Waals surface area (Å²) in [6, 6.07) is 6.63. The van der Waals surface area contributed by atoms with Crippen LogP contribution in [-0.2, 0) is 15.9 Å². The highest BCUT2D eigenvalue weighted by Crippen LogP contribution is 2.32. The molecule has 0 unspecified atom stereocenters. The van der Waals surface area contributed by atoms with Gasteiger partial charge in [-0.3, -0.25) is 4.90 Å². The zero-order valence-corrected chi connectivity index (χ0v) is 14.3. The van der Waals surface area contributed by atoms with Crippen LogP contribution in [0.15, 0.2) is 18.2 Å². The van der Waals surface area contributed by atoms with E-state index >= 15 is 0 Å². The first-order valence-electron chi connectivity index (χ1n) is 8.36. The van der Waals surface area contributed by atoms with Gasteiger partial charge in [0.2, 0.25) is 0 Å². The van der Waals surface area contributed by atoms with Crippen molar-refractivity contribution in [3.8, 4) is 11.5 Å². The van der Waals surface area contributed by atoms with Gasteiger partial charge in [0.05, 0.1) is 33.0 Å². The monoisotopic (exact) mass is 321 g/mol. The van der Waals surface area contributed by atoms with E-state index in [9.17, 15) is 0 Å². The summed E-state index contributed by atoms with van der Waals surface area (Å²) in [7, 11) is 5.14. The summed E-state index contributed by atoms with van der Waals surface area (Å²) >= 11 is 0. The van der Waals surface area contributed by atoms with Gasteiger partial charge in [-0.15, -0.1) is 0 Å². The SMILES string of the molecule is COc1ccc(CCN2CCO[C@H]3CC[C@H]2[C@H]3OC)cc1OC. The van der Waals surface area contributed by atoms with Gasteiger partial charge in [0.25, 0.3) is 0 Å². The van der Waals surface area contributed by atoms with E-state index in [1.807, 2.05) is 6.07 Å². The van der Waals surface area contributed by atoms with Crippen molar-refractivity contribution in [1.29, 1.82) is 0 Å². The highest BCUT2D eigenvalue weighted by atomic mass is 16.5. The van der Waals surface area contributed by atoms with Crippen molar-refractivity contribution in [3.63, 3.8) is 0 Å². The van der Waals surface area contributed by atoms with Crippen LogP contribution in [0.25, 0.3) is 0 Å². The van der Waals surface area contributed by atoms with Gasteiger partial charge in [-0.2, -0.15) is 0 Å². The molecule has 5 nitrogen and oxygen atoms in total. The third-order valence-corrected chi connectivity index (χ3v) is 5.08. The molecule has 2 bridgehead atoms. The number of rotatable bonds is 6. The van der Waals surface area contributed by atoms with Crippen LogP contribution < -0.4 is 9.47 Å². The molecule has 0 amide bonds. The Morgan fingerprint density at radius 1 is 1.13 bits per heavy atom. The van der Waals surface area contributed by atoms with E-state index in [4.69, 9.17) is 18.9 Å². The van der Waals surface area contributed by atoms with Crippen molar-refractivity contribution in [2.45, 2.75) is 37.5 Å². The molecule has 0 aromatic heterocycles. The third-order valence-electron chi connectivity index (χ3n) is 5.08. The van der Waals surface area contributed by atoms with Crippen molar-refractivity contribution >= 4 is 0 Å². The van der Waals surface area contributed by atoms with Crippen LogP contribution in [0.4, 0.5) is 0 Å². The number of nitrogens with zero attached hydrogens (tertiary/aromatic N) is 1. The fraction of sp³-hybridized carbons (Fsp3) is 0.667. The Balaban J connectivity index is 1.65. The van der Waals surface area contributed by atoms with Gasteiger partial charge >= 0.3 is 0 Å². The van der Waals surface area contributed by atoms with E-state index in [2.05, 4.69) is 17.0 Å². The summed E-state index contributed by atoms with van der Waals surface area (Å²) in [6.07, 6.45) is 3.74. The second-order valence-corrected chi connectivity index (χ2v) is 6.23. The summed E-state index contributed by atoms with van der Waals surface area (Å²) in [5.41, 5.74) is 1.26. The Morgan fingerprint density at radius 2 is 1.96 bits per heavy atom. The Labute approximate surface area is 138 Å². The first-order valence-corrected chi connectivity index (χ1v) is 8.36. The Hall–Kier alpha value is -1.30. The number of hydrogen-bond acceptors (Lipinski definition) is 5. The minimum atomic E-state index is 0.211. The molecule has 23 heavy (non-hydrogen) atoms. The molecular formula is C18H27NO4. The van der Waals surface area contributed by atoms with E-state index in [0.717, 1.165) is 50.5 Å². The quantitative estimate of drug-likeness (QED) is 0.803. The minimum absolute atomic E-state index is 0.211. The van der Waals surface area contributed by atoms with E-state index in [1.165, 1.54) is 5.56 Å². The molecule has 2 fully saturated rings. The fourth-order valence-corrected chi connectivity index (χ4v) is 3.86. The summed E-state index contributed by atoms with van der Waals surface area (Å²) in [4.78, 5) is 2.53. The molecule has 1 aliphatic heterocycles. The number of ether oxygens (including phenoxy) is 4. The van der Waals surface area contributed by atoms with Crippen LogP contribution in [-0.4, -0.2) is 64.2 Å². The summed E-state index contributed by atoms with van der Waals surface area (Å²) < 4.78 is 22.3. The Bertz CT molecular complexity index is 522. The molecule has 128 valence electrons. The topological polar surface area (TPSA) is 40.2 Å². The third kappa shape index (κ3) is 3.47. The van der Waals surface area contributed by atoms with Gasteiger partial charge in [-0.05, 0) is 37.0 Å². The molecule has 0 spiro atoms. The molecule has 0 radical (unpaired) electrons. The fourth-order valence-electron chi connectivity index (χ4n) is 3.86. The predicted octanol–water partition coefficient (Wildman–Crippen LogP) is 2.12. The summed E-state index contributed by atoms with van der Waals surface area (Å²) in [5, 5.41) is 0. The molecule has 2 aliphatic rings. The maximum Gasteiger partial charge on any atom is 0.160 e. The average Bonchev–Trinajstić information content (AvgIpc) is 2.90. The van der Waals surface area contributed by atoms with Gasteiger partial charge in [0.15, 0.2) is 11.5 Å². The van der Waals surface area contributed by atoms with E-state index < -0.39 is 0 Å². The van der Waals surface area contributed by atoms with Crippen molar-refractivity contribution < 1.29 is 18.9 Å². The maximum atomic E-state index is 5.94. The van der Waals surface area contributed by atoms with Crippen LogP contribution in [0.5, 0.6) is 11.5 Å². The molecule has 3 rings (SSSR count). The van der Waals surface area contributed by atoms with Crippen molar-refractivity contribution in [2.75, 3.05) is 41.0 Å². The van der Waals surface area contributed by atoms with Crippen molar-refractivity contribution in [3.05, 3.63) is 23.8 Å². The number of hydrogen-bond donors (Lipinski definition) is 0. The second-order valence-electron chi connectivity index (χ2n) is 6.23. The second kappa shape index (κ2) is 7.51. The largest absolute Gasteiger partial charge is 0.493 e. The molecule has 1 heterocycles. The van der Waals surface area contributed by atoms with Gasteiger partial charge in [0.1, 0.15) is 0 Å². The molecule has 1 aromatic carbocycles. The zero-order valence-electron chi connectivity index (χ0n) is 14.3. The highest BCUT2D eigenvalue weighted by molar-refractivity contribution is 5.42. The molecule has 1 aromatic rings. The zero-order chi connectivity index (χ0) is 16.2. The molecule has 5 heteroatoms. The van der Waals surface area contributed by atoms with Crippen LogP contribution in [0.2, 0.25) is 0 Å².